The Morgan fingerprint density at radius 3 is 2.75 bits per heavy atom. The third-order valence-corrected chi connectivity index (χ3v) is 4.10. The number of hydrogen-bond donors (Lipinski definition) is 1. The van der Waals surface area contributed by atoms with Gasteiger partial charge < -0.3 is 5.32 Å². The van der Waals surface area contributed by atoms with Crippen molar-refractivity contribution in [1.82, 2.24) is 15.1 Å². The van der Waals surface area contributed by atoms with E-state index >= 15 is 0 Å². The molecule has 2 aromatic rings. The standard InChI is InChI=1S/C15H16BrN3O/c1-10-14(15(20)17-8-11-2-3-11)9-18-19(10)13-6-4-12(16)5-7-13/h4-7,9,11H,2-3,8H2,1H3,(H,17,20). The number of nitrogens with zero attached hydrogens (tertiary/aromatic N) is 2. The van der Waals surface area contributed by atoms with Crippen LogP contribution >= 0.6 is 15.9 Å². The van der Waals surface area contributed by atoms with Crippen LogP contribution in [0.4, 0.5) is 0 Å². The quantitative estimate of drug-likeness (QED) is 0.934. The zero-order valence-electron chi connectivity index (χ0n) is 11.3. The average molecular weight is 334 g/mol. The van der Waals surface area contributed by atoms with Crippen LogP contribution in [0, 0.1) is 12.8 Å². The van der Waals surface area contributed by atoms with Crippen LogP contribution in [-0.2, 0) is 0 Å². The maximum Gasteiger partial charge on any atom is 0.254 e. The van der Waals surface area contributed by atoms with Gasteiger partial charge in [0, 0.05) is 11.0 Å². The van der Waals surface area contributed by atoms with Crippen LogP contribution in [0.5, 0.6) is 0 Å². The molecule has 1 N–H and O–H groups in total. The van der Waals surface area contributed by atoms with Crippen molar-refractivity contribution in [1.29, 1.82) is 0 Å². The topological polar surface area (TPSA) is 46.9 Å². The molecule has 1 heterocycles. The highest BCUT2D eigenvalue weighted by molar-refractivity contribution is 9.10. The summed E-state index contributed by atoms with van der Waals surface area (Å²) in [5.74, 6) is 0.651. The van der Waals surface area contributed by atoms with Crippen molar-refractivity contribution in [3.63, 3.8) is 0 Å². The Morgan fingerprint density at radius 1 is 1.40 bits per heavy atom. The Balaban J connectivity index is 1.80. The molecule has 0 unspecified atom stereocenters. The number of carbonyl (C=O) groups is 1. The van der Waals surface area contributed by atoms with Gasteiger partial charge in [-0.05, 0) is 49.9 Å². The summed E-state index contributed by atoms with van der Waals surface area (Å²) in [7, 11) is 0. The monoisotopic (exact) mass is 333 g/mol. The summed E-state index contributed by atoms with van der Waals surface area (Å²) >= 11 is 3.41. The second-order valence-corrected chi connectivity index (χ2v) is 6.10. The number of carbonyl (C=O) groups excluding carboxylic acids is 1. The first-order chi connectivity index (χ1) is 9.65. The molecule has 0 aliphatic heterocycles. The molecule has 0 saturated heterocycles. The van der Waals surface area contributed by atoms with Crippen molar-refractivity contribution in [2.75, 3.05) is 6.54 Å². The van der Waals surface area contributed by atoms with Crippen molar-refractivity contribution in [2.45, 2.75) is 19.8 Å². The molecule has 1 aliphatic rings. The average Bonchev–Trinajstić information content (AvgIpc) is 3.19. The lowest BCUT2D eigenvalue weighted by atomic mass is 10.2. The minimum atomic E-state index is -0.0299. The van der Waals surface area contributed by atoms with Crippen LogP contribution < -0.4 is 5.32 Å². The summed E-state index contributed by atoms with van der Waals surface area (Å²) in [5, 5.41) is 7.30. The molecule has 0 radical (unpaired) electrons. The van der Waals surface area contributed by atoms with E-state index in [0.717, 1.165) is 22.4 Å². The lowest BCUT2D eigenvalue weighted by Crippen LogP contribution is -2.25. The Bertz CT molecular complexity index is 629. The van der Waals surface area contributed by atoms with Crippen LogP contribution in [0.2, 0.25) is 0 Å². The highest BCUT2D eigenvalue weighted by Gasteiger charge is 2.23. The van der Waals surface area contributed by atoms with Crippen LogP contribution in [0.1, 0.15) is 28.9 Å². The largest absolute Gasteiger partial charge is 0.352 e. The van der Waals surface area contributed by atoms with E-state index in [1.165, 1.54) is 12.8 Å². The highest BCUT2D eigenvalue weighted by Crippen LogP contribution is 2.27. The van der Waals surface area contributed by atoms with Crippen LogP contribution in [0.3, 0.4) is 0 Å². The van der Waals surface area contributed by atoms with E-state index in [1.54, 1.807) is 10.9 Å². The second kappa shape index (κ2) is 5.40. The summed E-state index contributed by atoms with van der Waals surface area (Å²) in [6.07, 6.45) is 4.11. The summed E-state index contributed by atoms with van der Waals surface area (Å²) in [6, 6.07) is 7.86. The van der Waals surface area contributed by atoms with Gasteiger partial charge in [-0.3, -0.25) is 4.79 Å². The first-order valence-electron chi connectivity index (χ1n) is 6.74. The molecule has 5 heteroatoms. The molecule has 3 rings (SSSR count). The number of aromatic nitrogens is 2. The van der Waals surface area contributed by atoms with Gasteiger partial charge in [-0.1, -0.05) is 15.9 Å². The first-order valence-corrected chi connectivity index (χ1v) is 7.53. The van der Waals surface area contributed by atoms with Crippen LogP contribution in [-0.4, -0.2) is 22.2 Å². The number of hydrogen-bond acceptors (Lipinski definition) is 2. The number of rotatable bonds is 4. The fourth-order valence-electron chi connectivity index (χ4n) is 2.13. The lowest BCUT2D eigenvalue weighted by molar-refractivity contribution is 0.0951. The first kappa shape index (κ1) is 13.4. The fourth-order valence-corrected chi connectivity index (χ4v) is 2.39. The van der Waals surface area contributed by atoms with Crippen molar-refractivity contribution in [3.05, 3.63) is 46.2 Å². The molecule has 1 aromatic carbocycles. The van der Waals surface area contributed by atoms with Crippen molar-refractivity contribution in [3.8, 4) is 5.69 Å². The van der Waals surface area contributed by atoms with E-state index in [-0.39, 0.29) is 5.91 Å². The Labute approximate surface area is 126 Å². The van der Waals surface area contributed by atoms with Crippen LogP contribution in [0.15, 0.2) is 34.9 Å². The van der Waals surface area contributed by atoms with Gasteiger partial charge in [0.1, 0.15) is 0 Å². The van der Waals surface area contributed by atoms with Gasteiger partial charge in [-0.15, -0.1) is 0 Å². The molecular weight excluding hydrogens is 318 g/mol. The fraction of sp³-hybridized carbons (Fsp3) is 0.333. The summed E-state index contributed by atoms with van der Waals surface area (Å²) in [5.41, 5.74) is 2.46. The van der Waals surface area contributed by atoms with Gasteiger partial charge in [0.2, 0.25) is 0 Å². The van der Waals surface area contributed by atoms with Gasteiger partial charge >= 0.3 is 0 Å². The molecule has 1 aliphatic carbocycles. The minimum Gasteiger partial charge on any atom is -0.352 e. The summed E-state index contributed by atoms with van der Waals surface area (Å²) in [4.78, 5) is 12.1. The minimum absolute atomic E-state index is 0.0299. The van der Waals surface area contributed by atoms with Crippen LogP contribution in [0.25, 0.3) is 5.69 Å². The smallest absolute Gasteiger partial charge is 0.254 e. The molecule has 0 atom stereocenters. The van der Waals surface area contributed by atoms with Crippen molar-refractivity contribution < 1.29 is 4.79 Å². The molecular formula is C15H16BrN3O. The third kappa shape index (κ3) is 2.77. The Hall–Kier alpha value is -1.62. The van der Waals surface area contributed by atoms with E-state index in [0.29, 0.717) is 11.5 Å². The number of benzene rings is 1. The molecule has 104 valence electrons. The van der Waals surface area contributed by atoms with E-state index < -0.39 is 0 Å². The molecule has 1 saturated carbocycles. The van der Waals surface area contributed by atoms with Crippen molar-refractivity contribution in [2.24, 2.45) is 5.92 Å². The molecule has 4 nitrogen and oxygen atoms in total. The number of halogens is 1. The van der Waals surface area contributed by atoms with E-state index in [1.807, 2.05) is 31.2 Å². The SMILES string of the molecule is Cc1c(C(=O)NCC2CC2)cnn1-c1ccc(Br)cc1. The number of nitrogens with one attached hydrogen (secondary N) is 1. The van der Waals surface area contributed by atoms with Gasteiger partial charge in [0.25, 0.3) is 5.91 Å². The summed E-state index contributed by atoms with van der Waals surface area (Å²) in [6.45, 7) is 2.70. The second-order valence-electron chi connectivity index (χ2n) is 5.19. The summed E-state index contributed by atoms with van der Waals surface area (Å²) < 4.78 is 2.81. The molecule has 1 amide bonds. The molecule has 1 aromatic heterocycles. The van der Waals surface area contributed by atoms with E-state index in [9.17, 15) is 4.79 Å². The normalized spacial score (nSPS) is 14.3. The van der Waals surface area contributed by atoms with Crippen molar-refractivity contribution >= 4 is 21.8 Å². The predicted molar refractivity (Wildman–Crippen MR) is 81.1 cm³/mol. The number of amides is 1. The zero-order valence-corrected chi connectivity index (χ0v) is 12.9. The Kier molecular flexibility index (Phi) is 3.61. The molecule has 0 spiro atoms. The van der Waals surface area contributed by atoms with E-state index in [4.69, 9.17) is 0 Å². The van der Waals surface area contributed by atoms with Gasteiger partial charge in [-0.25, -0.2) is 4.68 Å². The van der Waals surface area contributed by atoms with Gasteiger partial charge in [-0.2, -0.15) is 5.10 Å². The van der Waals surface area contributed by atoms with Gasteiger partial charge in [0.15, 0.2) is 0 Å². The lowest BCUT2D eigenvalue weighted by Gasteiger charge is -2.06. The zero-order chi connectivity index (χ0) is 14.1. The maximum absolute atomic E-state index is 12.1. The molecule has 0 bridgehead atoms. The molecule has 20 heavy (non-hydrogen) atoms. The molecule has 1 fully saturated rings. The van der Waals surface area contributed by atoms with Gasteiger partial charge in [0.05, 0.1) is 23.1 Å². The predicted octanol–water partition coefficient (Wildman–Crippen LogP) is 3.08. The Morgan fingerprint density at radius 2 is 2.10 bits per heavy atom. The maximum atomic E-state index is 12.1. The highest BCUT2D eigenvalue weighted by atomic mass is 79.9. The third-order valence-electron chi connectivity index (χ3n) is 3.57. The van der Waals surface area contributed by atoms with E-state index in [2.05, 4.69) is 26.3 Å².